The summed E-state index contributed by atoms with van der Waals surface area (Å²) in [4.78, 5) is 26.1. The molecule has 1 aromatic carbocycles. The number of nitrogens with zero attached hydrogens (tertiary/aromatic N) is 1. The molecule has 1 heterocycles. The molecule has 2 rings (SSSR count). The molecular formula is C17H24N2O5S. The van der Waals surface area contributed by atoms with E-state index in [9.17, 15) is 18.0 Å². The summed E-state index contributed by atoms with van der Waals surface area (Å²) in [5.41, 5.74) is 6.40. The van der Waals surface area contributed by atoms with Crippen LogP contribution in [0.25, 0.3) is 0 Å². The largest absolute Gasteiger partial charge is 0.452 e. The number of nitrogen functional groups attached to an aromatic ring is 1. The van der Waals surface area contributed by atoms with Crippen LogP contribution < -0.4 is 5.73 Å². The van der Waals surface area contributed by atoms with Crippen molar-refractivity contribution < 1.29 is 22.7 Å². The highest BCUT2D eigenvalue weighted by atomic mass is 32.2. The molecule has 0 saturated carbocycles. The Morgan fingerprint density at radius 1 is 1.32 bits per heavy atom. The van der Waals surface area contributed by atoms with Gasteiger partial charge in [-0.1, -0.05) is 6.92 Å². The van der Waals surface area contributed by atoms with E-state index >= 15 is 0 Å². The first kappa shape index (κ1) is 19.2. The molecule has 8 heteroatoms. The maximum absolute atomic E-state index is 12.6. The maximum Gasteiger partial charge on any atom is 0.338 e. The van der Waals surface area contributed by atoms with Gasteiger partial charge in [0.15, 0.2) is 16.4 Å². The number of benzene rings is 1. The van der Waals surface area contributed by atoms with E-state index in [2.05, 4.69) is 0 Å². The van der Waals surface area contributed by atoms with Crippen LogP contribution in [0.15, 0.2) is 24.3 Å². The summed E-state index contributed by atoms with van der Waals surface area (Å²) in [6, 6.07) is 5.72. The lowest BCUT2D eigenvalue weighted by molar-refractivity contribution is -0.138. The first-order valence-corrected chi connectivity index (χ1v) is 10.1. The molecule has 0 bridgehead atoms. The number of amides is 1. The number of carbonyl (C=O) groups excluding carboxylic acids is 2. The van der Waals surface area contributed by atoms with Gasteiger partial charge in [0, 0.05) is 17.8 Å². The van der Waals surface area contributed by atoms with E-state index in [-0.39, 0.29) is 29.5 Å². The average Bonchev–Trinajstić information content (AvgIpc) is 2.92. The Kier molecular flexibility index (Phi) is 6.05. The fourth-order valence-corrected chi connectivity index (χ4v) is 4.62. The molecule has 0 radical (unpaired) electrons. The van der Waals surface area contributed by atoms with Gasteiger partial charge in [-0.15, -0.1) is 0 Å². The summed E-state index contributed by atoms with van der Waals surface area (Å²) >= 11 is 0. The Balaban J connectivity index is 2.02. The molecule has 0 aromatic heterocycles. The Morgan fingerprint density at radius 3 is 2.48 bits per heavy atom. The zero-order valence-electron chi connectivity index (χ0n) is 14.5. The molecule has 7 nitrogen and oxygen atoms in total. The predicted octanol–water partition coefficient (Wildman–Crippen LogP) is 1.24. The van der Waals surface area contributed by atoms with Crippen molar-refractivity contribution in [3.63, 3.8) is 0 Å². The molecule has 2 N–H and O–H groups in total. The van der Waals surface area contributed by atoms with E-state index in [1.54, 1.807) is 17.0 Å². The van der Waals surface area contributed by atoms with Crippen molar-refractivity contribution in [1.82, 2.24) is 4.90 Å². The average molecular weight is 368 g/mol. The van der Waals surface area contributed by atoms with Crippen LogP contribution in [0.1, 0.15) is 37.0 Å². The number of sulfone groups is 1. The summed E-state index contributed by atoms with van der Waals surface area (Å²) in [6.07, 6.45) is 1.11. The Morgan fingerprint density at radius 2 is 1.96 bits per heavy atom. The highest BCUT2D eigenvalue weighted by Gasteiger charge is 2.36. The van der Waals surface area contributed by atoms with Gasteiger partial charge in [-0.25, -0.2) is 13.2 Å². The van der Waals surface area contributed by atoms with Crippen molar-refractivity contribution in [3.8, 4) is 0 Å². The lowest BCUT2D eigenvalue weighted by atomic mass is 10.1. The van der Waals surface area contributed by atoms with E-state index in [1.165, 1.54) is 12.1 Å². The minimum atomic E-state index is -3.11. The van der Waals surface area contributed by atoms with Crippen LogP contribution in [-0.2, 0) is 19.4 Å². The van der Waals surface area contributed by atoms with Crippen molar-refractivity contribution in [3.05, 3.63) is 29.8 Å². The lowest BCUT2D eigenvalue weighted by Crippen LogP contribution is -2.48. The normalized spacial score (nSPS) is 20.0. The van der Waals surface area contributed by atoms with Crippen LogP contribution in [0.4, 0.5) is 5.69 Å². The van der Waals surface area contributed by atoms with Crippen LogP contribution in [-0.4, -0.2) is 55.4 Å². The molecule has 0 spiro atoms. The number of rotatable bonds is 6. The van der Waals surface area contributed by atoms with E-state index in [0.717, 1.165) is 0 Å². The molecule has 1 aliphatic rings. The fraction of sp³-hybridized carbons (Fsp3) is 0.529. The predicted molar refractivity (Wildman–Crippen MR) is 94.8 cm³/mol. The summed E-state index contributed by atoms with van der Waals surface area (Å²) < 4.78 is 28.5. The number of nitrogens with two attached hydrogens (primary N) is 1. The van der Waals surface area contributed by atoms with Gasteiger partial charge in [-0.2, -0.15) is 0 Å². The number of carbonyl (C=O) groups is 2. The van der Waals surface area contributed by atoms with Gasteiger partial charge < -0.3 is 15.4 Å². The number of ether oxygens (including phenoxy) is 1. The number of anilines is 1. The van der Waals surface area contributed by atoms with Crippen molar-refractivity contribution in [1.29, 1.82) is 0 Å². The third-order valence-corrected chi connectivity index (χ3v) is 6.18. The van der Waals surface area contributed by atoms with Crippen molar-refractivity contribution in [2.75, 3.05) is 23.8 Å². The van der Waals surface area contributed by atoms with E-state index in [0.29, 0.717) is 24.1 Å². The summed E-state index contributed by atoms with van der Waals surface area (Å²) in [7, 11) is -3.11. The monoisotopic (exact) mass is 368 g/mol. The van der Waals surface area contributed by atoms with E-state index in [1.807, 2.05) is 13.8 Å². The zero-order valence-corrected chi connectivity index (χ0v) is 15.3. The van der Waals surface area contributed by atoms with Gasteiger partial charge in [0.25, 0.3) is 5.91 Å². The van der Waals surface area contributed by atoms with Crippen LogP contribution in [0.5, 0.6) is 0 Å². The third kappa shape index (κ3) is 4.94. The SMILES string of the molecule is CC[C@@H](C)N(C(=O)COC(=O)c1ccc(N)cc1)[C@@H]1CCS(=O)(=O)C1. The first-order chi connectivity index (χ1) is 11.7. The molecule has 1 saturated heterocycles. The Labute approximate surface area is 148 Å². The topological polar surface area (TPSA) is 107 Å². The summed E-state index contributed by atoms with van der Waals surface area (Å²) in [5.74, 6) is -0.935. The highest BCUT2D eigenvalue weighted by molar-refractivity contribution is 7.91. The molecule has 25 heavy (non-hydrogen) atoms. The molecule has 138 valence electrons. The third-order valence-electron chi connectivity index (χ3n) is 4.43. The lowest BCUT2D eigenvalue weighted by Gasteiger charge is -2.33. The molecular weight excluding hydrogens is 344 g/mol. The van der Waals surface area contributed by atoms with Crippen molar-refractivity contribution >= 4 is 27.4 Å². The molecule has 1 fully saturated rings. The van der Waals surface area contributed by atoms with Crippen LogP contribution in [0.2, 0.25) is 0 Å². The standard InChI is InChI=1S/C17H24N2O5S/c1-3-12(2)19(15-8-9-25(22,23)11-15)16(20)10-24-17(21)13-4-6-14(18)7-5-13/h4-7,12,15H,3,8-11,18H2,1-2H3/t12-,15-/m1/s1. The van der Waals surface area contributed by atoms with Gasteiger partial charge in [0.1, 0.15) is 0 Å². The second-order valence-corrected chi connectivity index (χ2v) is 8.54. The summed E-state index contributed by atoms with van der Waals surface area (Å²) in [5, 5.41) is 0. The van der Waals surface area contributed by atoms with Crippen LogP contribution >= 0.6 is 0 Å². The van der Waals surface area contributed by atoms with Crippen molar-refractivity contribution in [2.45, 2.75) is 38.8 Å². The van der Waals surface area contributed by atoms with Gasteiger partial charge in [-0.05, 0) is 44.0 Å². The van der Waals surface area contributed by atoms with Gasteiger partial charge in [0.2, 0.25) is 0 Å². The molecule has 2 atom stereocenters. The quantitative estimate of drug-likeness (QED) is 0.598. The number of hydrogen-bond donors (Lipinski definition) is 1. The second-order valence-electron chi connectivity index (χ2n) is 6.31. The number of esters is 1. The molecule has 1 aromatic rings. The maximum atomic E-state index is 12.6. The second kappa shape index (κ2) is 7.86. The highest BCUT2D eigenvalue weighted by Crippen LogP contribution is 2.21. The number of hydrogen-bond acceptors (Lipinski definition) is 6. The van der Waals surface area contributed by atoms with Gasteiger partial charge in [0.05, 0.1) is 17.1 Å². The summed E-state index contributed by atoms with van der Waals surface area (Å²) in [6.45, 7) is 3.38. The van der Waals surface area contributed by atoms with Crippen LogP contribution in [0.3, 0.4) is 0 Å². The molecule has 1 aliphatic heterocycles. The van der Waals surface area contributed by atoms with E-state index in [4.69, 9.17) is 10.5 Å². The van der Waals surface area contributed by atoms with Gasteiger partial charge in [-0.3, -0.25) is 4.79 Å². The van der Waals surface area contributed by atoms with Crippen molar-refractivity contribution in [2.24, 2.45) is 0 Å². The van der Waals surface area contributed by atoms with Crippen LogP contribution in [0, 0.1) is 0 Å². The Bertz CT molecular complexity index is 730. The smallest absolute Gasteiger partial charge is 0.338 e. The van der Waals surface area contributed by atoms with E-state index < -0.39 is 22.4 Å². The minimum absolute atomic E-state index is 0.0327. The fourth-order valence-electron chi connectivity index (χ4n) is 2.91. The molecule has 0 aliphatic carbocycles. The molecule has 0 unspecified atom stereocenters. The molecule has 1 amide bonds. The van der Waals surface area contributed by atoms with Gasteiger partial charge >= 0.3 is 5.97 Å². The Hall–Kier alpha value is -2.09. The first-order valence-electron chi connectivity index (χ1n) is 8.27. The minimum Gasteiger partial charge on any atom is -0.452 e. The zero-order chi connectivity index (χ0) is 18.6.